The average molecular weight is 383 g/mol. The summed E-state index contributed by atoms with van der Waals surface area (Å²) in [5, 5.41) is 3.71. The van der Waals surface area contributed by atoms with E-state index in [0.29, 0.717) is 22.2 Å². The molecule has 1 atom stereocenters. The lowest BCUT2D eigenvalue weighted by Crippen LogP contribution is -2.26. The van der Waals surface area contributed by atoms with Crippen LogP contribution in [0.1, 0.15) is 59.5 Å². The number of carbonyl (C=O) groups is 1. The van der Waals surface area contributed by atoms with Crippen molar-refractivity contribution >= 4 is 28.0 Å². The van der Waals surface area contributed by atoms with Crippen molar-refractivity contribution in [3.8, 4) is 0 Å². The number of rotatable bonds is 2. The average Bonchev–Trinajstić information content (AvgIpc) is 3.13. The van der Waals surface area contributed by atoms with Gasteiger partial charge in [-0.05, 0) is 56.1 Å². The van der Waals surface area contributed by atoms with Crippen LogP contribution in [-0.4, -0.2) is 20.3 Å². The van der Waals surface area contributed by atoms with E-state index in [-0.39, 0.29) is 5.91 Å². The van der Waals surface area contributed by atoms with Gasteiger partial charge in [0.05, 0.1) is 11.4 Å². The third kappa shape index (κ3) is 3.27. The van der Waals surface area contributed by atoms with Crippen molar-refractivity contribution in [2.24, 2.45) is 11.3 Å². The summed E-state index contributed by atoms with van der Waals surface area (Å²) in [6.45, 7) is 10.8. The minimum Gasteiger partial charge on any atom is -0.296 e. The summed E-state index contributed by atoms with van der Waals surface area (Å²) in [5.41, 5.74) is 4.65. The van der Waals surface area contributed by atoms with Crippen LogP contribution in [0.15, 0.2) is 18.3 Å². The molecular weight excluding hydrogens is 356 g/mol. The van der Waals surface area contributed by atoms with Gasteiger partial charge in [0.2, 0.25) is 0 Å². The molecule has 0 spiro atoms. The molecule has 3 heterocycles. The van der Waals surface area contributed by atoms with E-state index in [1.165, 1.54) is 11.3 Å². The number of carbonyl (C=O) groups excluding carboxylic acids is 1. The highest BCUT2D eigenvalue weighted by atomic mass is 32.1. The molecule has 142 valence electrons. The van der Waals surface area contributed by atoms with E-state index in [1.54, 1.807) is 11.3 Å². The second kappa shape index (κ2) is 6.44. The normalized spacial score (nSPS) is 17.1. The molecular formula is C21H26N4OS. The number of imidazole rings is 1. The molecule has 1 aliphatic carbocycles. The van der Waals surface area contributed by atoms with Gasteiger partial charge in [0.15, 0.2) is 5.13 Å². The van der Waals surface area contributed by atoms with Crippen molar-refractivity contribution < 1.29 is 4.79 Å². The zero-order valence-corrected chi connectivity index (χ0v) is 17.4. The second-order valence-electron chi connectivity index (χ2n) is 8.58. The molecule has 0 saturated heterocycles. The molecule has 0 aliphatic heterocycles. The molecule has 0 bridgehead atoms. The summed E-state index contributed by atoms with van der Waals surface area (Å²) in [6.07, 6.45) is 5.11. The van der Waals surface area contributed by atoms with E-state index in [0.717, 1.165) is 35.4 Å². The lowest BCUT2D eigenvalue weighted by Gasteiger charge is -2.33. The summed E-state index contributed by atoms with van der Waals surface area (Å²) in [7, 11) is 0. The molecule has 1 amide bonds. The number of hydrogen-bond donors (Lipinski definition) is 1. The fourth-order valence-electron chi connectivity index (χ4n) is 3.91. The maximum absolute atomic E-state index is 13.0. The van der Waals surface area contributed by atoms with Crippen LogP contribution in [-0.2, 0) is 12.8 Å². The molecule has 27 heavy (non-hydrogen) atoms. The molecule has 6 heteroatoms. The molecule has 5 nitrogen and oxygen atoms in total. The summed E-state index contributed by atoms with van der Waals surface area (Å²) < 4.78 is 1.86. The Labute approximate surface area is 163 Å². The van der Waals surface area contributed by atoms with E-state index < -0.39 is 0 Å². The zero-order chi connectivity index (χ0) is 19.3. The summed E-state index contributed by atoms with van der Waals surface area (Å²) in [4.78, 5) is 23.5. The highest BCUT2D eigenvalue weighted by molar-refractivity contribution is 7.15. The van der Waals surface area contributed by atoms with Gasteiger partial charge < -0.3 is 0 Å². The first-order valence-corrected chi connectivity index (χ1v) is 10.3. The van der Waals surface area contributed by atoms with E-state index in [4.69, 9.17) is 4.98 Å². The number of nitrogens with zero attached hydrogens (tertiary/aromatic N) is 3. The van der Waals surface area contributed by atoms with Crippen molar-refractivity contribution in [2.45, 2.75) is 53.9 Å². The van der Waals surface area contributed by atoms with Gasteiger partial charge in [-0.15, -0.1) is 11.3 Å². The van der Waals surface area contributed by atoms with Crippen molar-refractivity contribution in [3.05, 3.63) is 45.9 Å². The predicted molar refractivity (Wildman–Crippen MR) is 110 cm³/mol. The van der Waals surface area contributed by atoms with Crippen LogP contribution in [0.5, 0.6) is 0 Å². The number of fused-ring (bicyclic) bond motifs is 2. The Balaban J connectivity index is 1.60. The highest BCUT2D eigenvalue weighted by Crippen LogP contribution is 2.40. The van der Waals surface area contributed by atoms with Crippen LogP contribution in [0.2, 0.25) is 0 Å². The lowest BCUT2D eigenvalue weighted by molar-refractivity contribution is 0.102. The molecule has 1 N–H and O–H groups in total. The van der Waals surface area contributed by atoms with Crippen LogP contribution in [0, 0.1) is 25.2 Å². The van der Waals surface area contributed by atoms with Crippen molar-refractivity contribution in [1.29, 1.82) is 0 Å². The maximum atomic E-state index is 13.0. The van der Waals surface area contributed by atoms with Crippen molar-refractivity contribution in [2.75, 3.05) is 5.32 Å². The minimum absolute atomic E-state index is 0.149. The lowest BCUT2D eigenvalue weighted by atomic mass is 9.73. The fraction of sp³-hybridized carbons (Fsp3) is 0.476. The molecule has 1 aliphatic rings. The molecule has 0 fully saturated rings. The zero-order valence-electron chi connectivity index (χ0n) is 16.6. The SMILES string of the molecule is Cc1nc2c(C)cccn2c1C(=O)Nc1nc2c(s1)CC(C(C)(C)C)CC2. The van der Waals surface area contributed by atoms with E-state index in [2.05, 4.69) is 31.1 Å². The molecule has 3 aromatic rings. The Kier molecular flexibility index (Phi) is 4.34. The molecule has 1 unspecified atom stereocenters. The van der Waals surface area contributed by atoms with Gasteiger partial charge >= 0.3 is 0 Å². The molecule has 3 aromatic heterocycles. The topological polar surface area (TPSA) is 59.3 Å². The van der Waals surface area contributed by atoms with Crippen LogP contribution < -0.4 is 5.32 Å². The second-order valence-corrected chi connectivity index (χ2v) is 9.66. The monoisotopic (exact) mass is 382 g/mol. The first-order valence-electron chi connectivity index (χ1n) is 9.48. The van der Waals surface area contributed by atoms with Crippen molar-refractivity contribution in [1.82, 2.24) is 14.4 Å². The quantitative estimate of drug-likeness (QED) is 0.692. The Morgan fingerprint density at radius 2 is 2.07 bits per heavy atom. The van der Waals surface area contributed by atoms with Crippen molar-refractivity contribution in [3.63, 3.8) is 0 Å². The van der Waals surface area contributed by atoms with E-state index in [9.17, 15) is 4.79 Å². The Bertz CT molecular complexity index is 1020. The third-order valence-corrected chi connectivity index (χ3v) is 6.65. The molecule has 0 aromatic carbocycles. The van der Waals surface area contributed by atoms with Crippen LogP contribution in [0.3, 0.4) is 0 Å². The summed E-state index contributed by atoms with van der Waals surface area (Å²) >= 11 is 1.62. The number of anilines is 1. The number of nitrogens with one attached hydrogen (secondary N) is 1. The maximum Gasteiger partial charge on any atom is 0.276 e. The van der Waals surface area contributed by atoms with Crippen LogP contribution in [0.25, 0.3) is 5.65 Å². The molecule has 4 rings (SSSR count). The predicted octanol–water partition coefficient (Wildman–Crippen LogP) is 4.81. The van der Waals surface area contributed by atoms with E-state index >= 15 is 0 Å². The van der Waals surface area contributed by atoms with Crippen LogP contribution >= 0.6 is 11.3 Å². The van der Waals surface area contributed by atoms with Gasteiger partial charge in [-0.3, -0.25) is 14.5 Å². The van der Waals surface area contributed by atoms with Gasteiger partial charge in [0.25, 0.3) is 5.91 Å². The highest BCUT2D eigenvalue weighted by Gasteiger charge is 2.31. The molecule has 0 radical (unpaired) electrons. The van der Waals surface area contributed by atoms with Gasteiger partial charge in [-0.25, -0.2) is 9.97 Å². The van der Waals surface area contributed by atoms with Gasteiger partial charge in [0, 0.05) is 11.1 Å². The summed E-state index contributed by atoms with van der Waals surface area (Å²) in [5.74, 6) is 0.516. The largest absolute Gasteiger partial charge is 0.296 e. The third-order valence-electron chi connectivity index (χ3n) is 5.62. The Morgan fingerprint density at radius 1 is 1.30 bits per heavy atom. The van der Waals surface area contributed by atoms with Gasteiger partial charge in [-0.2, -0.15) is 0 Å². The van der Waals surface area contributed by atoms with Crippen LogP contribution in [0.4, 0.5) is 5.13 Å². The first kappa shape index (κ1) is 18.2. The Hall–Kier alpha value is -2.21. The standard InChI is InChI=1S/C21H26N4OS/c1-12-7-6-10-25-17(13(2)22-18(12)25)19(26)24-20-23-15-9-8-14(21(3,4)5)11-16(15)27-20/h6-7,10,14H,8-9,11H2,1-5H3,(H,23,24,26). The van der Waals surface area contributed by atoms with Gasteiger partial charge in [-0.1, -0.05) is 26.8 Å². The number of hydrogen-bond acceptors (Lipinski definition) is 4. The number of pyridine rings is 1. The summed E-state index contributed by atoms with van der Waals surface area (Å²) in [6, 6.07) is 3.94. The number of aryl methyl sites for hydroxylation is 3. The number of aromatic nitrogens is 3. The first-order chi connectivity index (χ1) is 12.7. The number of amides is 1. The fourth-order valence-corrected chi connectivity index (χ4v) is 5.00. The number of thiazole rings is 1. The van der Waals surface area contributed by atoms with Gasteiger partial charge in [0.1, 0.15) is 11.3 Å². The Morgan fingerprint density at radius 3 is 2.81 bits per heavy atom. The van der Waals surface area contributed by atoms with E-state index in [1.807, 2.05) is 36.6 Å². The smallest absolute Gasteiger partial charge is 0.276 e. The minimum atomic E-state index is -0.149. The molecule has 0 saturated carbocycles.